The second-order valence-electron chi connectivity index (χ2n) is 7.65. The number of halogens is 1. The minimum absolute atomic E-state index is 0.125. The number of aromatic nitrogens is 2. The molecule has 4 N–H and O–H groups in total. The van der Waals surface area contributed by atoms with Crippen LogP contribution in [0.25, 0.3) is 23.1 Å². The van der Waals surface area contributed by atoms with Crippen molar-refractivity contribution in [2.45, 2.75) is 37.8 Å². The molecule has 0 radical (unpaired) electrons. The zero-order chi connectivity index (χ0) is 21.1. The first-order valence-corrected chi connectivity index (χ1v) is 10.1. The van der Waals surface area contributed by atoms with Gasteiger partial charge in [-0.2, -0.15) is 5.10 Å². The van der Waals surface area contributed by atoms with Crippen LogP contribution in [0.5, 0.6) is 5.75 Å². The molecular formula is C23H25FN4O2. The van der Waals surface area contributed by atoms with Gasteiger partial charge in [-0.25, -0.2) is 4.39 Å². The fourth-order valence-corrected chi connectivity index (χ4v) is 3.89. The van der Waals surface area contributed by atoms with Gasteiger partial charge in [-0.1, -0.05) is 18.2 Å². The van der Waals surface area contributed by atoms with Crippen molar-refractivity contribution in [3.63, 3.8) is 0 Å². The van der Waals surface area contributed by atoms with Gasteiger partial charge in [0.25, 0.3) is 5.91 Å². The van der Waals surface area contributed by atoms with Crippen LogP contribution in [-0.2, 0) is 0 Å². The van der Waals surface area contributed by atoms with Crippen LogP contribution in [0.15, 0.2) is 36.4 Å². The van der Waals surface area contributed by atoms with Gasteiger partial charge >= 0.3 is 0 Å². The van der Waals surface area contributed by atoms with E-state index < -0.39 is 0 Å². The fraction of sp³-hybridized carbons (Fsp3) is 0.304. The number of methoxy groups -OCH3 is 1. The lowest BCUT2D eigenvalue weighted by molar-refractivity contribution is 0.0923. The van der Waals surface area contributed by atoms with Crippen molar-refractivity contribution in [1.82, 2.24) is 15.5 Å². The number of fused-ring (bicyclic) bond motifs is 1. The Morgan fingerprint density at radius 1 is 1.17 bits per heavy atom. The van der Waals surface area contributed by atoms with Crippen LogP contribution >= 0.6 is 0 Å². The fourth-order valence-electron chi connectivity index (χ4n) is 3.89. The van der Waals surface area contributed by atoms with E-state index in [1.807, 2.05) is 18.2 Å². The predicted molar refractivity (Wildman–Crippen MR) is 116 cm³/mol. The molecule has 7 heteroatoms. The topological polar surface area (TPSA) is 93.0 Å². The number of amides is 1. The standard InChI is InChI=1S/C23H25FN4O2/c1-30-22-18(23(29)26-17-9-7-16(25)8-10-17)11-13-20-21(22)19(27-28-20)12-4-14-2-5-15(24)6-3-14/h2-6,11-13,16-17H,7-10,25H2,1H3,(H,26,29)(H,27,28). The molecule has 4 rings (SSSR count). The van der Waals surface area contributed by atoms with Crippen molar-refractivity contribution in [1.29, 1.82) is 0 Å². The Kier molecular flexibility index (Phi) is 5.81. The van der Waals surface area contributed by atoms with E-state index in [2.05, 4.69) is 15.5 Å². The normalized spacial score (nSPS) is 19.3. The van der Waals surface area contributed by atoms with Crippen molar-refractivity contribution in [3.8, 4) is 5.75 Å². The summed E-state index contributed by atoms with van der Waals surface area (Å²) in [4.78, 5) is 13.0. The number of carbonyl (C=O) groups is 1. The summed E-state index contributed by atoms with van der Waals surface area (Å²) in [5, 5.41) is 11.2. The maximum absolute atomic E-state index is 13.1. The largest absolute Gasteiger partial charge is 0.495 e. The summed E-state index contributed by atoms with van der Waals surface area (Å²) < 4.78 is 18.7. The number of nitrogens with zero attached hydrogens (tertiary/aromatic N) is 1. The van der Waals surface area contributed by atoms with Crippen molar-refractivity contribution in [3.05, 3.63) is 59.0 Å². The number of H-pyrrole nitrogens is 1. The van der Waals surface area contributed by atoms with Crippen molar-refractivity contribution >= 4 is 29.0 Å². The summed E-state index contributed by atoms with van der Waals surface area (Å²) in [7, 11) is 1.55. The van der Waals surface area contributed by atoms with Crippen LogP contribution in [0.3, 0.4) is 0 Å². The Labute approximate surface area is 174 Å². The molecule has 0 saturated heterocycles. The quantitative estimate of drug-likeness (QED) is 0.597. The molecule has 1 aliphatic rings. The average Bonchev–Trinajstić information content (AvgIpc) is 3.17. The van der Waals surface area contributed by atoms with Crippen LogP contribution in [0, 0.1) is 5.82 Å². The second kappa shape index (κ2) is 8.67. The summed E-state index contributed by atoms with van der Waals surface area (Å²) in [6.45, 7) is 0. The number of rotatable bonds is 5. The molecule has 2 aromatic carbocycles. The molecule has 1 aliphatic carbocycles. The lowest BCUT2D eigenvalue weighted by Gasteiger charge is -2.27. The zero-order valence-corrected chi connectivity index (χ0v) is 16.8. The first kappa shape index (κ1) is 20.1. The summed E-state index contributed by atoms with van der Waals surface area (Å²) in [6, 6.07) is 10.1. The van der Waals surface area contributed by atoms with Gasteiger partial charge in [0.2, 0.25) is 0 Å². The smallest absolute Gasteiger partial charge is 0.255 e. The Bertz CT molecular complexity index is 1070. The molecule has 6 nitrogen and oxygen atoms in total. The van der Waals surface area contributed by atoms with E-state index in [0.29, 0.717) is 17.0 Å². The molecule has 0 spiro atoms. The van der Waals surface area contributed by atoms with Gasteiger partial charge in [-0.15, -0.1) is 0 Å². The maximum atomic E-state index is 13.1. The molecule has 1 fully saturated rings. The van der Waals surface area contributed by atoms with Gasteiger partial charge in [0.15, 0.2) is 0 Å². The van der Waals surface area contributed by atoms with Crippen LogP contribution in [0.1, 0.15) is 47.3 Å². The Morgan fingerprint density at radius 2 is 1.90 bits per heavy atom. The summed E-state index contributed by atoms with van der Waals surface area (Å²) in [6.07, 6.45) is 7.26. The van der Waals surface area contributed by atoms with Crippen molar-refractivity contribution in [2.75, 3.05) is 7.11 Å². The molecule has 156 valence electrons. The number of carbonyl (C=O) groups excluding carboxylic acids is 1. The number of aromatic amines is 1. The van der Waals surface area contributed by atoms with Crippen molar-refractivity contribution in [2.24, 2.45) is 5.73 Å². The first-order valence-electron chi connectivity index (χ1n) is 10.1. The number of hydrogen-bond acceptors (Lipinski definition) is 4. The molecule has 0 unspecified atom stereocenters. The van der Waals surface area contributed by atoms with Crippen LogP contribution in [0.4, 0.5) is 4.39 Å². The number of nitrogens with one attached hydrogen (secondary N) is 2. The van der Waals surface area contributed by atoms with Gasteiger partial charge in [-0.3, -0.25) is 9.89 Å². The molecular weight excluding hydrogens is 383 g/mol. The molecule has 0 bridgehead atoms. The second-order valence-corrected chi connectivity index (χ2v) is 7.65. The summed E-state index contributed by atoms with van der Waals surface area (Å²) in [5.74, 6) is 0.0311. The Morgan fingerprint density at radius 3 is 2.60 bits per heavy atom. The highest BCUT2D eigenvalue weighted by Crippen LogP contribution is 2.32. The molecule has 0 aliphatic heterocycles. The van der Waals surface area contributed by atoms with E-state index in [4.69, 9.17) is 10.5 Å². The van der Waals surface area contributed by atoms with E-state index in [-0.39, 0.29) is 23.8 Å². The zero-order valence-electron chi connectivity index (χ0n) is 16.8. The molecule has 1 saturated carbocycles. The summed E-state index contributed by atoms with van der Waals surface area (Å²) >= 11 is 0. The average molecular weight is 408 g/mol. The Hall–Kier alpha value is -3.19. The number of hydrogen-bond donors (Lipinski definition) is 3. The lowest BCUT2D eigenvalue weighted by atomic mass is 9.91. The predicted octanol–water partition coefficient (Wildman–Crippen LogP) is 3.88. The highest BCUT2D eigenvalue weighted by Gasteiger charge is 2.23. The SMILES string of the molecule is COc1c(C(=O)NC2CCC(N)CC2)ccc2[nH]nc(C=Cc3ccc(F)cc3)c12. The van der Waals surface area contributed by atoms with E-state index in [9.17, 15) is 9.18 Å². The maximum Gasteiger partial charge on any atom is 0.255 e. The molecule has 0 atom stereocenters. The third-order valence-electron chi connectivity index (χ3n) is 5.57. The van der Waals surface area contributed by atoms with Crippen molar-refractivity contribution < 1.29 is 13.9 Å². The van der Waals surface area contributed by atoms with Gasteiger partial charge in [0.1, 0.15) is 11.6 Å². The minimum Gasteiger partial charge on any atom is -0.495 e. The van der Waals surface area contributed by atoms with Gasteiger partial charge in [0, 0.05) is 12.1 Å². The number of benzene rings is 2. The van der Waals surface area contributed by atoms with E-state index in [0.717, 1.165) is 42.1 Å². The molecule has 30 heavy (non-hydrogen) atoms. The van der Waals surface area contributed by atoms with Crippen LogP contribution in [0.2, 0.25) is 0 Å². The lowest BCUT2D eigenvalue weighted by Crippen LogP contribution is -2.40. The van der Waals surface area contributed by atoms with Crippen LogP contribution < -0.4 is 15.8 Å². The Balaban J connectivity index is 1.62. The third kappa shape index (κ3) is 4.21. The highest BCUT2D eigenvalue weighted by atomic mass is 19.1. The highest BCUT2D eigenvalue weighted by molar-refractivity contribution is 6.05. The van der Waals surface area contributed by atoms with Gasteiger partial charge in [0.05, 0.1) is 29.3 Å². The van der Waals surface area contributed by atoms with E-state index in [1.54, 1.807) is 25.3 Å². The van der Waals surface area contributed by atoms with Gasteiger partial charge in [-0.05, 0) is 61.6 Å². The number of ether oxygens (including phenoxy) is 1. The van der Waals surface area contributed by atoms with Crippen LogP contribution in [-0.4, -0.2) is 35.3 Å². The molecule has 1 amide bonds. The minimum atomic E-state index is -0.283. The molecule has 3 aromatic rings. The van der Waals surface area contributed by atoms with E-state index in [1.165, 1.54) is 12.1 Å². The van der Waals surface area contributed by atoms with E-state index >= 15 is 0 Å². The first-order chi connectivity index (χ1) is 14.5. The summed E-state index contributed by atoms with van der Waals surface area (Å²) in [5.41, 5.74) is 8.69. The monoisotopic (exact) mass is 408 g/mol. The molecule has 1 heterocycles. The van der Waals surface area contributed by atoms with Gasteiger partial charge < -0.3 is 15.8 Å². The third-order valence-corrected chi connectivity index (χ3v) is 5.57. The molecule has 1 aromatic heterocycles. The number of nitrogens with two attached hydrogens (primary N) is 1.